The zero-order valence-corrected chi connectivity index (χ0v) is 12.3. The van der Waals surface area contributed by atoms with Gasteiger partial charge in [-0.05, 0) is 45.7 Å². The summed E-state index contributed by atoms with van der Waals surface area (Å²) in [4.78, 5) is 11.8. The standard InChI is InChI=1S/C13H21N3O2.ClH/c1-9-12(10(2)18-16-9)8-15-13(17)7-11-3-5-14-6-4-11;/h11,14H,3-8H2,1-2H3,(H,15,17);1H. The Kier molecular flexibility index (Phi) is 6.31. The largest absolute Gasteiger partial charge is 0.361 e. The highest BCUT2D eigenvalue weighted by Gasteiger charge is 2.17. The molecule has 0 unspecified atom stereocenters. The van der Waals surface area contributed by atoms with Crippen LogP contribution in [0.3, 0.4) is 0 Å². The van der Waals surface area contributed by atoms with Crippen LogP contribution in [0.25, 0.3) is 0 Å². The van der Waals surface area contributed by atoms with E-state index in [9.17, 15) is 4.79 Å². The van der Waals surface area contributed by atoms with Crippen molar-refractivity contribution in [2.75, 3.05) is 13.1 Å². The monoisotopic (exact) mass is 287 g/mol. The van der Waals surface area contributed by atoms with Crippen molar-refractivity contribution in [1.82, 2.24) is 15.8 Å². The molecule has 1 aliphatic heterocycles. The molecule has 0 aromatic carbocycles. The number of aromatic nitrogens is 1. The summed E-state index contributed by atoms with van der Waals surface area (Å²) in [7, 11) is 0. The van der Waals surface area contributed by atoms with Crippen LogP contribution in [0.5, 0.6) is 0 Å². The average Bonchev–Trinajstić information content (AvgIpc) is 2.68. The van der Waals surface area contributed by atoms with Crippen molar-refractivity contribution in [1.29, 1.82) is 0 Å². The lowest BCUT2D eigenvalue weighted by molar-refractivity contribution is -0.122. The normalized spacial score (nSPS) is 15.9. The molecule has 1 amide bonds. The first kappa shape index (κ1) is 16.0. The lowest BCUT2D eigenvalue weighted by Gasteiger charge is -2.21. The van der Waals surface area contributed by atoms with Gasteiger partial charge in [-0.15, -0.1) is 12.4 Å². The van der Waals surface area contributed by atoms with Gasteiger partial charge < -0.3 is 15.2 Å². The number of aryl methyl sites for hydroxylation is 2. The molecular formula is C13H22ClN3O2. The van der Waals surface area contributed by atoms with E-state index in [1.54, 1.807) is 0 Å². The molecule has 0 radical (unpaired) electrons. The first-order chi connectivity index (χ1) is 8.66. The van der Waals surface area contributed by atoms with E-state index in [-0.39, 0.29) is 18.3 Å². The zero-order valence-electron chi connectivity index (χ0n) is 11.5. The summed E-state index contributed by atoms with van der Waals surface area (Å²) >= 11 is 0. The third-order valence-corrected chi connectivity index (χ3v) is 3.58. The van der Waals surface area contributed by atoms with Crippen molar-refractivity contribution in [2.24, 2.45) is 5.92 Å². The van der Waals surface area contributed by atoms with Gasteiger partial charge in [0.1, 0.15) is 5.76 Å². The van der Waals surface area contributed by atoms with Crippen LogP contribution in [0.2, 0.25) is 0 Å². The Balaban J connectivity index is 0.00000180. The molecule has 1 fully saturated rings. The summed E-state index contributed by atoms with van der Waals surface area (Å²) in [5, 5.41) is 10.1. The molecule has 0 bridgehead atoms. The molecular weight excluding hydrogens is 266 g/mol. The Labute approximate surface area is 119 Å². The summed E-state index contributed by atoms with van der Waals surface area (Å²) in [5.74, 6) is 1.44. The number of piperidine rings is 1. The Bertz CT molecular complexity index is 395. The highest BCUT2D eigenvalue weighted by atomic mass is 35.5. The second-order valence-electron chi connectivity index (χ2n) is 4.98. The highest BCUT2D eigenvalue weighted by Crippen LogP contribution is 2.16. The van der Waals surface area contributed by atoms with Crippen LogP contribution in [0.1, 0.15) is 36.3 Å². The van der Waals surface area contributed by atoms with Gasteiger partial charge >= 0.3 is 0 Å². The third-order valence-electron chi connectivity index (χ3n) is 3.58. The molecule has 6 heteroatoms. The summed E-state index contributed by atoms with van der Waals surface area (Å²) in [6, 6.07) is 0. The van der Waals surface area contributed by atoms with E-state index in [1.807, 2.05) is 13.8 Å². The minimum absolute atomic E-state index is 0. The summed E-state index contributed by atoms with van der Waals surface area (Å²) in [6.07, 6.45) is 2.82. The molecule has 0 atom stereocenters. The molecule has 0 aliphatic carbocycles. The predicted molar refractivity (Wildman–Crippen MR) is 75.3 cm³/mol. The number of nitrogens with zero attached hydrogens (tertiary/aromatic N) is 1. The Hall–Kier alpha value is -1.07. The fourth-order valence-corrected chi connectivity index (χ4v) is 2.36. The molecule has 0 spiro atoms. The summed E-state index contributed by atoms with van der Waals surface area (Å²) in [5.41, 5.74) is 1.85. The van der Waals surface area contributed by atoms with Crippen LogP contribution in [-0.4, -0.2) is 24.2 Å². The van der Waals surface area contributed by atoms with Gasteiger partial charge in [0.2, 0.25) is 5.91 Å². The van der Waals surface area contributed by atoms with Crippen LogP contribution >= 0.6 is 12.4 Å². The second-order valence-corrected chi connectivity index (χ2v) is 4.98. The first-order valence-corrected chi connectivity index (χ1v) is 6.56. The van der Waals surface area contributed by atoms with Crippen LogP contribution < -0.4 is 10.6 Å². The molecule has 1 aliphatic rings. The molecule has 2 rings (SSSR count). The van der Waals surface area contributed by atoms with E-state index in [1.165, 1.54) is 0 Å². The quantitative estimate of drug-likeness (QED) is 0.885. The van der Waals surface area contributed by atoms with Gasteiger partial charge in [0.15, 0.2) is 0 Å². The maximum Gasteiger partial charge on any atom is 0.220 e. The third kappa shape index (κ3) is 4.51. The van der Waals surface area contributed by atoms with Crippen LogP contribution in [0.15, 0.2) is 4.52 Å². The van der Waals surface area contributed by atoms with Crippen molar-refractivity contribution >= 4 is 18.3 Å². The maximum absolute atomic E-state index is 11.8. The van der Waals surface area contributed by atoms with E-state index >= 15 is 0 Å². The Morgan fingerprint density at radius 2 is 2.11 bits per heavy atom. The van der Waals surface area contributed by atoms with Crippen molar-refractivity contribution in [3.8, 4) is 0 Å². The molecule has 1 saturated heterocycles. The molecule has 2 N–H and O–H groups in total. The van der Waals surface area contributed by atoms with E-state index in [0.717, 1.165) is 42.9 Å². The van der Waals surface area contributed by atoms with E-state index in [4.69, 9.17) is 4.52 Å². The SMILES string of the molecule is Cc1noc(C)c1CNC(=O)CC1CCNCC1.Cl. The van der Waals surface area contributed by atoms with Crippen LogP contribution in [0, 0.1) is 19.8 Å². The molecule has 0 saturated carbocycles. The van der Waals surface area contributed by atoms with Gasteiger partial charge in [-0.25, -0.2) is 0 Å². The zero-order chi connectivity index (χ0) is 13.0. The fraction of sp³-hybridized carbons (Fsp3) is 0.692. The van der Waals surface area contributed by atoms with Gasteiger partial charge in [-0.1, -0.05) is 5.16 Å². The lowest BCUT2D eigenvalue weighted by atomic mass is 9.94. The molecule has 19 heavy (non-hydrogen) atoms. The highest BCUT2D eigenvalue weighted by molar-refractivity contribution is 5.85. The molecule has 2 heterocycles. The van der Waals surface area contributed by atoms with Crippen molar-refractivity contribution in [3.05, 3.63) is 17.0 Å². The minimum Gasteiger partial charge on any atom is -0.361 e. The van der Waals surface area contributed by atoms with E-state index < -0.39 is 0 Å². The minimum atomic E-state index is 0. The molecule has 5 nitrogen and oxygen atoms in total. The number of amides is 1. The van der Waals surface area contributed by atoms with Gasteiger partial charge in [0.05, 0.1) is 5.69 Å². The summed E-state index contributed by atoms with van der Waals surface area (Å²) < 4.78 is 5.07. The summed E-state index contributed by atoms with van der Waals surface area (Å²) in [6.45, 7) is 6.34. The Morgan fingerprint density at radius 1 is 1.42 bits per heavy atom. The Morgan fingerprint density at radius 3 is 2.68 bits per heavy atom. The number of halogens is 1. The van der Waals surface area contributed by atoms with Crippen LogP contribution in [0.4, 0.5) is 0 Å². The topological polar surface area (TPSA) is 67.2 Å². The second kappa shape index (κ2) is 7.50. The van der Waals surface area contributed by atoms with Gasteiger partial charge in [-0.2, -0.15) is 0 Å². The average molecular weight is 288 g/mol. The maximum atomic E-state index is 11.8. The molecule has 108 valence electrons. The first-order valence-electron chi connectivity index (χ1n) is 6.56. The van der Waals surface area contributed by atoms with Crippen molar-refractivity contribution < 1.29 is 9.32 Å². The van der Waals surface area contributed by atoms with E-state index in [2.05, 4.69) is 15.8 Å². The van der Waals surface area contributed by atoms with Gasteiger partial charge in [-0.3, -0.25) is 4.79 Å². The number of hydrogen-bond acceptors (Lipinski definition) is 4. The van der Waals surface area contributed by atoms with Crippen molar-refractivity contribution in [2.45, 2.75) is 39.7 Å². The number of nitrogens with one attached hydrogen (secondary N) is 2. The fourth-order valence-electron chi connectivity index (χ4n) is 2.36. The number of carbonyl (C=O) groups is 1. The van der Waals surface area contributed by atoms with Gasteiger partial charge in [0.25, 0.3) is 0 Å². The number of carbonyl (C=O) groups excluding carboxylic acids is 1. The predicted octanol–water partition coefficient (Wildman–Crippen LogP) is 1.72. The molecule has 1 aromatic heterocycles. The van der Waals surface area contributed by atoms with Crippen LogP contribution in [-0.2, 0) is 11.3 Å². The molecule has 1 aromatic rings. The van der Waals surface area contributed by atoms with Crippen molar-refractivity contribution in [3.63, 3.8) is 0 Å². The number of rotatable bonds is 4. The smallest absolute Gasteiger partial charge is 0.220 e. The lowest BCUT2D eigenvalue weighted by Crippen LogP contribution is -2.32. The van der Waals surface area contributed by atoms with E-state index in [0.29, 0.717) is 18.9 Å². The number of hydrogen-bond donors (Lipinski definition) is 2. The van der Waals surface area contributed by atoms with Gasteiger partial charge in [0, 0.05) is 18.5 Å².